The van der Waals surface area contributed by atoms with Gasteiger partial charge in [-0.1, -0.05) is 37.3 Å². The van der Waals surface area contributed by atoms with Crippen LogP contribution in [0.1, 0.15) is 24.2 Å². The van der Waals surface area contributed by atoms with E-state index in [1.165, 1.54) is 4.90 Å². The van der Waals surface area contributed by atoms with Gasteiger partial charge in [-0.05, 0) is 42.7 Å². The molecule has 3 nitrogen and oxygen atoms in total. The summed E-state index contributed by atoms with van der Waals surface area (Å²) >= 11 is 4.99. The topological polar surface area (TPSA) is 34.4 Å². The maximum Gasteiger partial charge on any atom is 0.279 e. The van der Waals surface area contributed by atoms with Gasteiger partial charge in [-0.15, -0.1) is 30.1 Å². The molecule has 27 heavy (non-hydrogen) atoms. The van der Waals surface area contributed by atoms with Crippen LogP contribution >= 0.6 is 34.9 Å². The van der Waals surface area contributed by atoms with Gasteiger partial charge < -0.3 is 4.57 Å². The molecule has 0 bridgehead atoms. The van der Waals surface area contributed by atoms with Crippen LogP contribution in [0.2, 0.25) is 0 Å². The Hall–Kier alpha value is -1.76. The molecule has 2 aromatic carbocycles. The molecule has 3 aromatic rings. The first-order chi connectivity index (χ1) is 13.0. The van der Waals surface area contributed by atoms with Crippen LogP contribution < -0.4 is 4.80 Å². The van der Waals surface area contributed by atoms with Crippen LogP contribution in [0, 0.1) is 0 Å². The van der Waals surface area contributed by atoms with Crippen LogP contribution in [0.15, 0.2) is 69.9 Å². The number of allylic oxidation sites excluding steroid dienone is 1. The minimum absolute atomic E-state index is 0.212. The Labute approximate surface area is 172 Å². The number of hydrogen-bond donors (Lipinski definition) is 0. The lowest BCUT2D eigenvalue weighted by Gasteiger charge is -2.05. The van der Waals surface area contributed by atoms with Crippen LogP contribution in [-0.2, 0) is 6.54 Å². The van der Waals surface area contributed by atoms with E-state index in [1.54, 1.807) is 34.9 Å². The Bertz CT molecular complexity index is 1050. The lowest BCUT2D eigenvalue weighted by molar-refractivity contribution is 0.0997. The minimum atomic E-state index is -0.212. The Morgan fingerprint density at radius 1 is 1.26 bits per heavy atom. The number of benzene rings is 2. The normalized spacial score (nSPS) is 12.1. The molecule has 0 aliphatic carbocycles. The van der Waals surface area contributed by atoms with E-state index in [2.05, 4.69) is 49.9 Å². The van der Waals surface area contributed by atoms with Crippen molar-refractivity contribution < 1.29 is 4.79 Å². The van der Waals surface area contributed by atoms with Gasteiger partial charge in [0.15, 0.2) is 4.80 Å². The Morgan fingerprint density at radius 2 is 2.07 bits per heavy atom. The summed E-state index contributed by atoms with van der Waals surface area (Å²) in [5, 5.41) is 0.468. The summed E-state index contributed by atoms with van der Waals surface area (Å²) in [5.74, 6) is -0.212. The monoisotopic (exact) mass is 414 g/mol. The lowest BCUT2D eigenvalue weighted by atomic mass is 10.2. The van der Waals surface area contributed by atoms with Gasteiger partial charge in [-0.25, -0.2) is 0 Å². The van der Waals surface area contributed by atoms with Crippen LogP contribution in [0.4, 0.5) is 0 Å². The van der Waals surface area contributed by atoms with Gasteiger partial charge in [0.2, 0.25) is 0 Å². The third-order valence-corrected chi connectivity index (χ3v) is 6.62. The lowest BCUT2D eigenvalue weighted by Crippen LogP contribution is -2.16. The number of aromatic nitrogens is 1. The highest BCUT2D eigenvalue weighted by molar-refractivity contribution is 8.00. The van der Waals surface area contributed by atoms with E-state index in [4.69, 9.17) is 0 Å². The van der Waals surface area contributed by atoms with E-state index in [0.717, 1.165) is 15.1 Å². The largest absolute Gasteiger partial charge is 0.312 e. The summed E-state index contributed by atoms with van der Waals surface area (Å²) < 4.78 is 3.17. The first-order valence-electron chi connectivity index (χ1n) is 8.66. The van der Waals surface area contributed by atoms with E-state index >= 15 is 0 Å². The van der Waals surface area contributed by atoms with Crippen LogP contribution in [-0.4, -0.2) is 22.0 Å². The molecule has 140 valence electrons. The quantitative estimate of drug-likeness (QED) is 0.375. The first kappa shape index (κ1) is 20.0. The third-order valence-electron chi connectivity index (χ3n) is 3.85. The Balaban J connectivity index is 2.05. The summed E-state index contributed by atoms with van der Waals surface area (Å²) in [7, 11) is 0. The molecule has 3 rings (SSSR count). The van der Waals surface area contributed by atoms with Crippen molar-refractivity contribution in [3.8, 4) is 0 Å². The van der Waals surface area contributed by atoms with Gasteiger partial charge >= 0.3 is 0 Å². The van der Waals surface area contributed by atoms with E-state index in [-0.39, 0.29) is 5.91 Å². The van der Waals surface area contributed by atoms with Crippen LogP contribution in [0.25, 0.3) is 10.2 Å². The molecular weight excluding hydrogens is 392 g/mol. The second-order valence-electron chi connectivity index (χ2n) is 6.23. The number of carbonyl (C=O) groups excluding carboxylic acids is 1. The summed E-state index contributed by atoms with van der Waals surface area (Å²) in [6.45, 7) is 8.74. The summed E-state index contributed by atoms with van der Waals surface area (Å²) in [6.07, 6.45) is 3.89. The molecule has 0 radical (unpaired) electrons. The maximum atomic E-state index is 12.8. The number of thioether (sulfide) groups is 2. The minimum Gasteiger partial charge on any atom is -0.312 e. The number of hydrogen-bond acceptors (Lipinski definition) is 4. The van der Waals surface area contributed by atoms with Gasteiger partial charge in [0, 0.05) is 27.1 Å². The molecule has 0 aliphatic heterocycles. The van der Waals surface area contributed by atoms with Crippen molar-refractivity contribution in [1.29, 1.82) is 0 Å². The average Bonchev–Trinajstić information content (AvgIpc) is 2.98. The number of amides is 1. The number of carbonyl (C=O) groups is 1. The fourth-order valence-electron chi connectivity index (χ4n) is 2.70. The van der Waals surface area contributed by atoms with Crippen molar-refractivity contribution in [1.82, 2.24) is 4.57 Å². The van der Waals surface area contributed by atoms with Gasteiger partial charge in [0.1, 0.15) is 0 Å². The zero-order valence-corrected chi connectivity index (χ0v) is 18.1. The molecule has 0 saturated carbocycles. The smallest absolute Gasteiger partial charge is 0.279 e. The third kappa shape index (κ3) is 4.75. The van der Waals surface area contributed by atoms with E-state index in [9.17, 15) is 4.79 Å². The van der Waals surface area contributed by atoms with Gasteiger partial charge in [-0.2, -0.15) is 4.99 Å². The van der Waals surface area contributed by atoms with Crippen molar-refractivity contribution in [3.05, 3.63) is 65.5 Å². The molecule has 1 aromatic heterocycles. The number of fused-ring (bicyclic) bond motifs is 1. The van der Waals surface area contributed by atoms with Crippen LogP contribution in [0.5, 0.6) is 0 Å². The van der Waals surface area contributed by atoms with E-state index in [1.807, 2.05) is 34.9 Å². The van der Waals surface area contributed by atoms with E-state index < -0.39 is 0 Å². The van der Waals surface area contributed by atoms with Crippen molar-refractivity contribution in [3.63, 3.8) is 0 Å². The average molecular weight is 415 g/mol. The van der Waals surface area contributed by atoms with Gasteiger partial charge in [-0.3, -0.25) is 4.79 Å². The van der Waals surface area contributed by atoms with Crippen molar-refractivity contribution >= 4 is 51.0 Å². The van der Waals surface area contributed by atoms with Crippen molar-refractivity contribution in [2.75, 3.05) is 6.26 Å². The number of rotatable bonds is 6. The highest BCUT2D eigenvalue weighted by Gasteiger charge is 2.10. The fraction of sp³-hybridized carbons (Fsp3) is 0.238. The molecule has 0 N–H and O–H groups in total. The fourth-order valence-corrected chi connectivity index (χ4v) is 5.19. The Kier molecular flexibility index (Phi) is 6.63. The zero-order chi connectivity index (χ0) is 19.4. The molecule has 0 spiro atoms. The SMILES string of the molecule is C=CCn1c(=NC(=O)c2cccc(SC(C)C)c2)sc2cc(SC)ccc21. The van der Waals surface area contributed by atoms with Crippen molar-refractivity contribution in [2.45, 2.75) is 35.4 Å². The molecular formula is C21H22N2OS3. The summed E-state index contributed by atoms with van der Waals surface area (Å²) in [4.78, 5) is 20.2. The first-order valence-corrected chi connectivity index (χ1v) is 11.6. The molecule has 1 amide bonds. The second kappa shape index (κ2) is 8.95. The zero-order valence-electron chi connectivity index (χ0n) is 15.6. The summed E-state index contributed by atoms with van der Waals surface area (Å²) in [5.41, 5.74) is 1.70. The number of nitrogens with zero attached hydrogens (tertiary/aromatic N) is 2. The van der Waals surface area contributed by atoms with Gasteiger partial charge in [0.25, 0.3) is 5.91 Å². The molecule has 0 aliphatic rings. The highest BCUT2D eigenvalue weighted by atomic mass is 32.2. The number of thiazole rings is 1. The molecule has 0 fully saturated rings. The second-order valence-corrected chi connectivity index (χ2v) is 9.77. The highest BCUT2D eigenvalue weighted by Crippen LogP contribution is 2.25. The molecule has 1 heterocycles. The molecule has 6 heteroatoms. The molecule has 0 saturated heterocycles. The maximum absolute atomic E-state index is 12.8. The van der Waals surface area contributed by atoms with E-state index in [0.29, 0.717) is 22.2 Å². The standard InChI is InChI=1S/C21H22N2OS3/c1-5-11-23-18-10-9-16(25-4)13-19(18)27-21(23)22-20(24)15-7-6-8-17(12-15)26-14(2)3/h5-10,12-14H,1,11H2,2-4H3. The van der Waals surface area contributed by atoms with Gasteiger partial charge in [0.05, 0.1) is 10.2 Å². The predicted octanol–water partition coefficient (Wildman–Crippen LogP) is 5.85. The molecule has 0 unspecified atom stereocenters. The molecule has 0 atom stereocenters. The predicted molar refractivity (Wildman–Crippen MR) is 119 cm³/mol. The Morgan fingerprint density at radius 3 is 2.78 bits per heavy atom. The van der Waals surface area contributed by atoms with Crippen LogP contribution in [0.3, 0.4) is 0 Å². The van der Waals surface area contributed by atoms with Crippen molar-refractivity contribution in [2.24, 2.45) is 4.99 Å². The summed E-state index contributed by atoms with van der Waals surface area (Å²) in [6, 6.07) is 14.0.